The minimum absolute atomic E-state index is 0.250. The molecule has 2 rings (SSSR count). The van der Waals surface area contributed by atoms with Crippen LogP contribution in [0.1, 0.15) is 20.8 Å². The van der Waals surface area contributed by atoms with E-state index in [1.807, 2.05) is 0 Å². The molecule has 0 atom stereocenters. The topological polar surface area (TPSA) is 91.2 Å². The SMILES string of the molecule is COc1ccc(-n2nccn2)c(NC(=O)OC(C)(C)C)n1. The molecule has 0 aromatic carbocycles. The number of hydrogen-bond donors (Lipinski definition) is 1. The first kappa shape index (κ1) is 14.8. The molecule has 1 N–H and O–H groups in total. The molecular weight excluding hydrogens is 274 g/mol. The summed E-state index contributed by atoms with van der Waals surface area (Å²) in [5.41, 5.74) is -0.0979. The van der Waals surface area contributed by atoms with Crippen LogP contribution in [0, 0.1) is 0 Å². The van der Waals surface area contributed by atoms with Gasteiger partial charge in [0.25, 0.3) is 0 Å². The molecule has 2 aromatic heterocycles. The Bertz CT molecular complexity index is 619. The van der Waals surface area contributed by atoms with E-state index in [0.717, 1.165) is 0 Å². The van der Waals surface area contributed by atoms with E-state index in [4.69, 9.17) is 9.47 Å². The van der Waals surface area contributed by atoms with Gasteiger partial charge >= 0.3 is 6.09 Å². The van der Waals surface area contributed by atoms with Gasteiger partial charge in [-0.1, -0.05) is 0 Å². The molecule has 0 bridgehead atoms. The fraction of sp³-hybridized carbons (Fsp3) is 0.385. The number of anilines is 1. The van der Waals surface area contributed by atoms with Crippen LogP contribution in [-0.4, -0.2) is 38.8 Å². The molecule has 8 heteroatoms. The highest BCUT2D eigenvalue weighted by molar-refractivity contribution is 5.86. The third-order valence-electron chi connectivity index (χ3n) is 2.31. The molecule has 0 spiro atoms. The quantitative estimate of drug-likeness (QED) is 0.930. The first-order valence-corrected chi connectivity index (χ1v) is 6.31. The zero-order chi connectivity index (χ0) is 15.5. The minimum atomic E-state index is -0.614. The van der Waals surface area contributed by atoms with Crippen LogP contribution >= 0.6 is 0 Å². The Balaban J connectivity index is 2.30. The Labute approximate surface area is 122 Å². The van der Waals surface area contributed by atoms with E-state index in [1.54, 1.807) is 32.9 Å². The summed E-state index contributed by atoms with van der Waals surface area (Å²) < 4.78 is 10.3. The summed E-state index contributed by atoms with van der Waals surface area (Å²) in [5, 5.41) is 10.6. The molecule has 2 heterocycles. The number of rotatable bonds is 3. The van der Waals surface area contributed by atoms with E-state index in [-0.39, 0.29) is 5.82 Å². The third-order valence-corrected chi connectivity index (χ3v) is 2.31. The van der Waals surface area contributed by atoms with E-state index in [2.05, 4.69) is 20.5 Å². The number of carbonyl (C=O) groups is 1. The molecule has 0 aliphatic carbocycles. The number of amides is 1. The van der Waals surface area contributed by atoms with Crippen molar-refractivity contribution in [3.8, 4) is 11.6 Å². The number of ether oxygens (including phenoxy) is 2. The van der Waals surface area contributed by atoms with Gasteiger partial charge in [0.1, 0.15) is 11.3 Å². The molecule has 0 fully saturated rings. The zero-order valence-electron chi connectivity index (χ0n) is 12.3. The molecule has 1 amide bonds. The Morgan fingerprint density at radius 3 is 2.48 bits per heavy atom. The number of hydrogen-bond acceptors (Lipinski definition) is 6. The van der Waals surface area contributed by atoms with Crippen molar-refractivity contribution in [2.45, 2.75) is 26.4 Å². The second kappa shape index (κ2) is 5.78. The van der Waals surface area contributed by atoms with Crippen LogP contribution in [0.4, 0.5) is 10.6 Å². The molecule has 0 saturated carbocycles. The summed E-state index contributed by atoms with van der Waals surface area (Å²) in [6.45, 7) is 5.34. The van der Waals surface area contributed by atoms with Gasteiger partial charge < -0.3 is 9.47 Å². The van der Waals surface area contributed by atoms with Crippen LogP contribution in [0.25, 0.3) is 5.69 Å². The first-order chi connectivity index (χ1) is 9.89. The van der Waals surface area contributed by atoms with E-state index < -0.39 is 11.7 Å². The Morgan fingerprint density at radius 1 is 1.24 bits per heavy atom. The molecule has 112 valence electrons. The second-order valence-corrected chi connectivity index (χ2v) is 5.17. The van der Waals surface area contributed by atoms with Gasteiger partial charge in [-0.2, -0.15) is 15.2 Å². The average molecular weight is 291 g/mol. The minimum Gasteiger partial charge on any atom is -0.481 e. The van der Waals surface area contributed by atoms with E-state index >= 15 is 0 Å². The summed E-state index contributed by atoms with van der Waals surface area (Å²) in [7, 11) is 1.49. The molecule has 0 saturated heterocycles. The Kier molecular flexibility index (Phi) is 4.06. The van der Waals surface area contributed by atoms with Gasteiger partial charge in [-0.05, 0) is 26.8 Å². The van der Waals surface area contributed by atoms with E-state index in [9.17, 15) is 4.79 Å². The van der Waals surface area contributed by atoms with Crippen molar-refractivity contribution in [1.29, 1.82) is 0 Å². The summed E-state index contributed by atoms with van der Waals surface area (Å²) in [6.07, 6.45) is 2.44. The molecule has 0 unspecified atom stereocenters. The fourth-order valence-corrected chi connectivity index (χ4v) is 1.54. The average Bonchev–Trinajstić information content (AvgIpc) is 2.90. The highest BCUT2D eigenvalue weighted by Gasteiger charge is 2.19. The molecule has 2 aromatic rings. The van der Waals surface area contributed by atoms with Gasteiger partial charge in [0, 0.05) is 6.07 Å². The summed E-state index contributed by atoms with van der Waals surface area (Å²) in [6, 6.07) is 3.34. The van der Waals surface area contributed by atoms with Gasteiger partial charge in [0.2, 0.25) is 5.88 Å². The zero-order valence-corrected chi connectivity index (χ0v) is 12.3. The highest BCUT2D eigenvalue weighted by atomic mass is 16.6. The summed E-state index contributed by atoms with van der Waals surface area (Å²) >= 11 is 0. The molecule has 8 nitrogen and oxygen atoms in total. The lowest BCUT2D eigenvalue weighted by Crippen LogP contribution is -2.28. The lowest BCUT2D eigenvalue weighted by atomic mass is 10.2. The van der Waals surface area contributed by atoms with Crippen LogP contribution in [0.15, 0.2) is 24.5 Å². The molecular formula is C13H17N5O3. The summed E-state index contributed by atoms with van der Waals surface area (Å²) in [4.78, 5) is 17.4. The van der Waals surface area contributed by atoms with Gasteiger partial charge in [-0.15, -0.1) is 4.80 Å². The van der Waals surface area contributed by atoms with Crippen molar-refractivity contribution in [2.24, 2.45) is 0 Å². The van der Waals surface area contributed by atoms with Crippen LogP contribution in [0.5, 0.6) is 5.88 Å². The lowest BCUT2D eigenvalue weighted by molar-refractivity contribution is 0.0635. The molecule has 0 aliphatic heterocycles. The van der Waals surface area contributed by atoms with Gasteiger partial charge in [-0.25, -0.2) is 4.79 Å². The number of pyridine rings is 1. The van der Waals surface area contributed by atoms with Gasteiger partial charge in [0.05, 0.1) is 19.5 Å². The maximum Gasteiger partial charge on any atom is 0.413 e. The monoisotopic (exact) mass is 291 g/mol. The normalized spacial score (nSPS) is 11.0. The van der Waals surface area contributed by atoms with Crippen molar-refractivity contribution in [3.63, 3.8) is 0 Å². The van der Waals surface area contributed by atoms with E-state index in [0.29, 0.717) is 11.6 Å². The predicted molar refractivity (Wildman–Crippen MR) is 75.6 cm³/mol. The van der Waals surface area contributed by atoms with Crippen LogP contribution in [-0.2, 0) is 4.74 Å². The molecule has 0 radical (unpaired) electrons. The van der Waals surface area contributed by atoms with Crippen molar-refractivity contribution < 1.29 is 14.3 Å². The second-order valence-electron chi connectivity index (χ2n) is 5.17. The number of nitrogens with one attached hydrogen (secondary N) is 1. The number of nitrogens with zero attached hydrogens (tertiary/aromatic N) is 4. The van der Waals surface area contributed by atoms with Crippen molar-refractivity contribution in [2.75, 3.05) is 12.4 Å². The van der Waals surface area contributed by atoms with Crippen LogP contribution in [0.3, 0.4) is 0 Å². The molecule has 21 heavy (non-hydrogen) atoms. The standard InChI is InChI=1S/C13H17N5O3/c1-13(2,3)21-12(19)17-11-9(18-14-7-8-15-18)5-6-10(16-11)20-4/h5-8H,1-4H3,(H,16,17,19). The molecule has 0 aliphatic rings. The third kappa shape index (κ3) is 3.91. The largest absolute Gasteiger partial charge is 0.481 e. The number of methoxy groups -OCH3 is 1. The lowest BCUT2D eigenvalue weighted by Gasteiger charge is -2.20. The van der Waals surface area contributed by atoms with Crippen molar-refractivity contribution in [1.82, 2.24) is 20.0 Å². The van der Waals surface area contributed by atoms with Crippen LogP contribution in [0.2, 0.25) is 0 Å². The maximum absolute atomic E-state index is 11.9. The van der Waals surface area contributed by atoms with Gasteiger partial charge in [0.15, 0.2) is 5.82 Å². The smallest absolute Gasteiger partial charge is 0.413 e. The van der Waals surface area contributed by atoms with E-state index in [1.165, 1.54) is 24.3 Å². The van der Waals surface area contributed by atoms with Crippen molar-refractivity contribution in [3.05, 3.63) is 24.5 Å². The van der Waals surface area contributed by atoms with Crippen LogP contribution < -0.4 is 10.1 Å². The Hall–Kier alpha value is -2.64. The van der Waals surface area contributed by atoms with Gasteiger partial charge in [-0.3, -0.25) is 5.32 Å². The fourth-order valence-electron chi connectivity index (χ4n) is 1.54. The highest BCUT2D eigenvalue weighted by Crippen LogP contribution is 2.21. The number of carbonyl (C=O) groups excluding carboxylic acids is 1. The first-order valence-electron chi connectivity index (χ1n) is 6.31. The predicted octanol–water partition coefficient (Wildman–Crippen LogP) is 2.02. The summed E-state index contributed by atoms with van der Waals surface area (Å²) in [5.74, 6) is 0.608. The van der Waals surface area contributed by atoms with Crippen molar-refractivity contribution >= 4 is 11.9 Å². The maximum atomic E-state index is 11.9. The Morgan fingerprint density at radius 2 is 1.90 bits per heavy atom. The number of aromatic nitrogens is 4.